The number of rotatable bonds is 0. The third-order valence-electron chi connectivity index (χ3n) is 1.79. The van der Waals surface area contributed by atoms with Crippen LogP contribution in [0.3, 0.4) is 0 Å². The zero-order valence-corrected chi connectivity index (χ0v) is 9.83. The van der Waals surface area contributed by atoms with Crippen molar-refractivity contribution in [1.82, 2.24) is 0 Å². The monoisotopic (exact) mass is 246 g/mol. The van der Waals surface area contributed by atoms with Gasteiger partial charge in [-0.05, 0) is 39.0 Å². The maximum absolute atomic E-state index is 5.88. The van der Waals surface area contributed by atoms with Gasteiger partial charge in [-0.1, -0.05) is 38.4 Å². The summed E-state index contributed by atoms with van der Waals surface area (Å²) < 4.78 is 0.969. The molecular formula is C10H12BrCl. The molecule has 2 heteroatoms. The summed E-state index contributed by atoms with van der Waals surface area (Å²) in [6, 6.07) is 6.06. The second-order valence-corrected chi connectivity index (χ2v) is 5.14. The van der Waals surface area contributed by atoms with Crippen LogP contribution in [0, 0.1) is 0 Å². The second kappa shape index (κ2) is 3.39. The summed E-state index contributed by atoms with van der Waals surface area (Å²) >= 11 is 9.29. The molecular weight excluding hydrogens is 235 g/mol. The smallest absolute Gasteiger partial charge is 0.0548 e. The van der Waals surface area contributed by atoms with Crippen LogP contribution in [0.15, 0.2) is 22.7 Å². The molecule has 0 aliphatic heterocycles. The lowest BCUT2D eigenvalue weighted by atomic mass is 9.87. The molecule has 0 aromatic heterocycles. The Hall–Kier alpha value is -0.0100. The van der Waals surface area contributed by atoms with E-state index in [-0.39, 0.29) is 5.41 Å². The van der Waals surface area contributed by atoms with Gasteiger partial charge in [-0.3, -0.25) is 0 Å². The first-order chi connectivity index (χ1) is 5.41. The molecule has 12 heavy (non-hydrogen) atoms. The second-order valence-electron chi connectivity index (χ2n) is 3.88. The fraction of sp³-hybridized carbons (Fsp3) is 0.400. The lowest BCUT2D eigenvalue weighted by Gasteiger charge is -2.19. The molecule has 0 heterocycles. The fourth-order valence-corrected chi connectivity index (χ4v) is 1.46. The Labute approximate surface area is 87.1 Å². The van der Waals surface area contributed by atoms with E-state index in [1.54, 1.807) is 0 Å². The van der Waals surface area contributed by atoms with E-state index in [4.69, 9.17) is 11.6 Å². The Balaban J connectivity index is 3.14. The summed E-state index contributed by atoms with van der Waals surface area (Å²) in [5.74, 6) is 0. The van der Waals surface area contributed by atoms with E-state index in [1.165, 1.54) is 5.56 Å². The SMILES string of the molecule is CC(C)(C)c1ccc(Cl)c(Br)c1. The quantitative estimate of drug-likeness (QED) is 0.637. The van der Waals surface area contributed by atoms with E-state index < -0.39 is 0 Å². The molecule has 0 radical (unpaired) electrons. The van der Waals surface area contributed by atoms with Gasteiger partial charge in [0.25, 0.3) is 0 Å². The largest absolute Gasteiger partial charge is 0.0831 e. The van der Waals surface area contributed by atoms with Crippen LogP contribution >= 0.6 is 27.5 Å². The Kier molecular flexibility index (Phi) is 2.84. The van der Waals surface area contributed by atoms with Crippen molar-refractivity contribution in [2.45, 2.75) is 26.2 Å². The highest BCUT2D eigenvalue weighted by molar-refractivity contribution is 9.10. The van der Waals surface area contributed by atoms with Crippen LogP contribution in [-0.4, -0.2) is 0 Å². The molecule has 0 saturated heterocycles. The number of hydrogen-bond acceptors (Lipinski definition) is 0. The van der Waals surface area contributed by atoms with Gasteiger partial charge in [0.2, 0.25) is 0 Å². The molecule has 0 spiro atoms. The Morgan fingerprint density at radius 3 is 2.25 bits per heavy atom. The Morgan fingerprint density at radius 2 is 1.83 bits per heavy atom. The van der Waals surface area contributed by atoms with E-state index >= 15 is 0 Å². The predicted molar refractivity (Wildman–Crippen MR) is 57.9 cm³/mol. The van der Waals surface area contributed by atoms with Crippen molar-refractivity contribution in [1.29, 1.82) is 0 Å². The number of halogens is 2. The molecule has 0 amide bonds. The average Bonchev–Trinajstić information content (AvgIpc) is 1.92. The number of benzene rings is 1. The molecule has 0 atom stereocenters. The molecule has 1 aromatic carbocycles. The lowest BCUT2D eigenvalue weighted by Crippen LogP contribution is -2.10. The van der Waals surface area contributed by atoms with Gasteiger partial charge in [0.15, 0.2) is 0 Å². The summed E-state index contributed by atoms with van der Waals surface area (Å²) in [5.41, 5.74) is 1.48. The van der Waals surface area contributed by atoms with Crippen LogP contribution in [0.25, 0.3) is 0 Å². The van der Waals surface area contributed by atoms with Crippen molar-refractivity contribution in [2.75, 3.05) is 0 Å². The molecule has 0 saturated carbocycles. The van der Waals surface area contributed by atoms with Crippen molar-refractivity contribution >= 4 is 27.5 Å². The minimum atomic E-state index is 0.188. The van der Waals surface area contributed by atoms with Crippen LogP contribution in [0.4, 0.5) is 0 Å². The van der Waals surface area contributed by atoms with Gasteiger partial charge in [-0.15, -0.1) is 0 Å². The summed E-state index contributed by atoms with van der Waals surface area (Å²) in [6.45, 7) is 6.55. The Bertz CT molecular complexity index is 286. The molecule has 0 fully saturated rings. The molecule has 0 unspecified atom stereocenters. The summed E-state index contributed by atoms with van der Waals surface area (Å²) in [4.78, 5) is 0. The van der Waals surface area contributed by atoms with Crippen LogP contribution in [0.2, 0.25) is 5.02 Å². The van der Waals surface area contributed by atoms with Crippen molar-refractivity contribution < 1.29 is 0 Å². The van der Waals surface area contributed by atoms with Crippen molar-refractivity contribution in [3.63, 3.8) is 0 Å². The molecule has 0 N–H and O–H groups in total. The topological polar surface area (TPSA) is 0 Å². The van der Waals surface area contributed by atoms with Gasteiger partial charge in [-0.25, -0.2) is 0 Å². The van der Waals surface area contributed by atoms with Crippen molar-refractivity contribution in [2.24, 2.45) is 0 Å². The zero-order chi connectivity index (χ0) is 9.35. The summed E-state index contributed by atoms with van der Waals surface area (Å²) in [7, 11) is 0. The molecule has 0 aliphatic carbocycles. The van der Waals surface area contributed by atoms with Crippen LogP contribution in [0.1, 0.15) is 26.3 Å². The average molecular weight is 248 g/mol. The first kappa shape index (κ1) is 10.1. The molecule has 0 bridgehead atoms. The third kappa shape index (κ3) is 2.24. The van der Waals surface area contributed by atoms with Gasteiger partial charge in [0, 0.05) is 4.47 Å². The zero-order valence-electron chi connectivity index (χ0n) is 7.49. The molecule has 0 aliphatic rings. The van der Waals surface area contributed by atoms with E-state index in [0.29, 0.717) is 0 Å². The molecule has 1 rings (SSSR count). The van der Waals surface area contributed by atoms with Gasteiger partial charge >= 0.3 is 0 Å². The molecule has 1 aromatic rings. The first-order valence-electron chi connectivity index (χ1n) is 3.87. The van der Waals surface area contributed by atoms with Crippen LogP contribution in [-0.2, 0) is 5.41 Å². The maximum Gasteiger partial charge on any atom is 0.0548 e. The van der Waals surface area contributed by atoms with Crippen molar-refractivity contribution in [3.05, 3.63) is 33.3 Å². The lowest BCUT2D eigenvalue weighted by molar-refractivity contribution is 0.590. The maximum atomic E-state index is 5.88. The molecule has 66 valence electrons. The number of hydrogen-bond donors (Lipinski definition) is 0. The van der Waals surface area contributed by atoms with E-state index in [0.717, 1.165) is 9.50 Å². The van der Waals surface area contributed by atoms with Crippen LogP contribution < -0.4 is 0 Å². The highest BCUT2D eigenvalue weighted by atomic mass is 79.9. The summed E-state index contributed by atoms with van der Waals surface area (Å²) in [6.07, 6.45) is 0. The highest BCUT2D eigenvalue weighted by Gasteiger charge is 2.13. The van der Waals surface area contributed by atoms with Gasteiger partial charge in [0.05, 0.1) is 5.02 Å². The minimum absolute atomic E-state index is 0.188. The predicted octanol–water partition coefficient (Wildman–Crippen LogP) is 4.40. The third-order valence-corrected chi connectivity index (χ3v) is 3.00. The van der Waals surface area contributed by atoms with Gasteiger partial charge < -0.3 is 0 Å². The fourth-order valence-electron chi connectivity index (χ4n) is 0.963. The van der Waals surface area contributed by atoms with Crippen molar-refractivity contribution in [3.8, 4) is 0 Å². The highest BCUT2D eigenvalue weighted by Crippen LogP contribution is 2.29. The summed E-state index contributed by atoms with van der Waals surface area (Å²) in [5, 5.41) is 0.767. The van der Waals surface area contributed by atoms with Crippen LogP contribution in [0.5, 0.6) is 0 Å². The molecule has 0 nitrogen and oxygen atoms in total. The minimum Gasteiger partial charge on any atom is -0.0831 e. The standard InChI is InChI=1S/C10H12BrCl/c1-10(2,3)7-4-5-9(12)8(11)6-7/h4-6H,1-3H3. The Morgan fingerprint density at radius 1 is 1.25 bits per heavy atom. The van der Waals surface area contributed by atoms with E-state index in [9.17, 15) is 0 Å². The van der Waals surface area contributed by atoms with Gasteiger partial charge in [0.1, 0.15) is 0 Å². The van der Waals surface area contributed by atoms with E-state index in [1.807, 2.05) is 6.07 Å². The van der Waals surface area contributed by atoms with E-state index in [2.05, 4.69) is 48.8 Å². The van der Waals surface area contributed by atoms with Gasteiger partial charge in [-0.2, -0.15) is 0 Å². The normalized spacial score (nSPS) is 11.8. The first-order valence-corrected chi connectivity index (χ1v) is 5.04.